The van der Waals surface area contributed by atoms with Gasteiger partial charge in [-0.25, -0.2) is 4.79 Å². The van der Waals surface area contributed by atoms with Crippen LogP contribution in [-0.2, 0) is 20.6 Å². The van der Waals surface area contributed by atoms with Crippen LogP contribution in [0.2, 0.25) is 0 Å². The third kappa shape index (κ3) is 5.44. The number of carbonyl (C=O) groups excluding carboxylic acids is 2. The Kier molecular flexibility index (Phi) is 7.75. The minimum Gasteiger partial charge on any atom is -0.507 e. The lowest BCUT2D eigenvalue weighted by atomic mass is 9.98. The number of carbonyl (C=O) groups is 2. The molecule has 11 heteroatoms. The largest absolute Gasteiger partial charge is 0.508 e. The summed E-state index contributed by atoms with van der Waals surface area (Å²) in [5.74, 6) is -0.850. The number of aliphatic hydroxyl groups is 3. The van der Waals surface area contributed by atoms with Crippen molar-refractivity contribution in [2.45, 2.75) is 43.5 Å². The van der Waals surface area contributed by atoms with Crippen molar-refractivity contribution in [3.63, 3.8) is 0 Å². The van der Waals surface area contributed by atoms with E-state index < -0.39 is 49.3 Å². The summed E-state index contributed by atoms with van der Waals surface area (Å²) in [4.78, 5) is 24.3. The first-order valence-corrected chi connectivity index (χ1v) is 11.2. The minimum absolute atomic E-state index is 0.0440. The molecule has 1 aliphatic heterocycles. The van der Waals surface area contributed by atoms with Crippen molar-refractivity contribution >= 4 is 22.9 Å². The molecule has 2 aromatic carbocycles. The number of ether oxygens (including phenoxy) is 4. The molecule has 1 saturated heterocycles. The molecule has 0 bridgehead atoms. The lowest BCUT2D eigenvalue weighted by Crippen LogP contribution is -2.60. The van der Waals surface area contributed by atoms with Crippen LogP contribution in [-0.4, -0.2) is 76.8 Å². The molecule has 1 aromatic heterocycles. The van der Waals surface area contributed by atoms with E-state index in [0.29, 0.717) is 6.42 Å². The van der Waals surface area contributed by atoms with Crippen molar-refractivity contribution in [1.29, 1.82) is 0 Å². The molecule has 3 aromatic rings. The fourth-order valence-electron chi connectivity index (χ4n) is 3.94. The van der Waals surface area contributed by atoms with E-state index in [1.54, 1.807) is 6.26 Å². The Hall–Kier alpha value is -3.64. The number of benzene rings is 2. The second-order valence-electron chi connectivity index (χ2n) is 8.26. The van der Waals surface area contributed by atoms with Crippen LogP contribution in [0.3, 0.4) is 0 Å². The van der Waals surface area contributed by atoms with Gasteiger partial charge >= 0.3 is 6.16 Å². The van der Waals surface area contributed by atoms with Gasteiger partial charge in [-0.2, -0.15) is 0 Å². The lowest BCUT2D eigenvalue weighted by Gasteiger charge is -2.40. The van der Waals surface area contributed by atoms with Crippen LogP contribution in [0.4, 0.5) is 4.79 Å². The molecule has 0 amide bonds. The molecule has 5 atom stereocenters. The van der Waals surface area contributed by atoms with Crippen molar-refractivity contribution in [3.8, 4) is 11.5 Å². The number of hydrogen-bond donors (Lipinski definition) is 4. The zero-order valence-electron chi connectivity index (χ0n) is 19.3. The van der Waals surface area contributed by atoms with E-state index in [2.05, 4.69) is 4.74 Å². The zero-order valence-corrected chi connectivity index (χ0v) is 19.3. The van der Waals surface area contributed by atoms with Gasteiger partial charge in [-0.05, 0) is 42.3 Å². The number of aliphatic hydroxyl groups excluding tert-OH is 3. The van der Waals surface area contributed by atoms with Gasteiger partial charge in [0.15, 0.2) is 5.78 Å². The highest BCUT2D eigenvalue weighted by Crippen LogP contribution is 2.33. The van der Waals surface area contributed by atoms with E-state index in [1.807, 2.05) is 24.3 Å². The summed E-state index contributed by atoms with van der Waals surface area (Å²) in [5, 5.41) is 42.1. The Balaban J connectivity index is 1.48. The third-order valence-electron chi connectivity index (χ3n) is 5.88. The summed E-state index contributed by atoms with van der Waals surface area (Å²) in [5.41, 5.74) is 1.50. The number of ketones is 1. The number of furan rings is 1. The Morgan fingerprint density at radius 2 is 1.83 bits per heavy atom. The predicted octanol–water partition coefficient (Wildman–Crippen LogP) is 1.92. The summed E-state index contributed by atoms with van der Waals surface area (Å²) >= 11 is 0. The second-order valence-corrected chi connectivity index (χ2v) is 8.26. The van der Waals surface area contributed by atoms with Crippen molar-refractivity contribution in [2.75, 3.05) is 13.7 Å². The number of hydrogen-bond acceptors (Lipinski definition) is 11. The van der Waals surface area contributed by atoms with Gasteiger partial charge in [0.05, 0.1) is 13.4 Å². The molecule has 0 saturated carbocycles. The predicted molar refractivity (Wildman–Crippen MR) is 123 cm³/mol. The Bertz CT molecular complexity index is 1220. The molecular formula is C25H26O11. The summed E-state index contributed by atoms with van der Waals surface area (Å²) in [7, 11) is 1.10. The van der Waals surface area contributed by atoms with Crippen LogP contribution in [0.5, 0.6) is 11.5 Å². The van der Waals surface area contributed by atoms with E-state index in [1.165, 1.54) is 18.2 Å². The average Bonchev–Trinajstić information content (AvgIpc) is 3.34. The maximum Gasteiger partial charge on any atom is 0.508 e. The molecule has 1 aliphatic rings. The number of rotatable bonds is 8. The molecule has 4 N–H and O–H groups in total. The van der Waals surface area contributed by atoms with Gasteiger partial charge in [0.2, 0.25) is 6.29 Å². The fourth-order valence-corrected chi connectivity index (χ4v) is 3.94. The van der Waals surface area contributed by atoms with Crippen molar-refractivity contribution < 1.29 is 53.4 Å². The number of phenolic OH excluding ortho intramolecular Hbond substituents is 1. The molecule has 0 unspecified atom stereocenters. The molecule has 192 valence electrons. The molecule has 2 heterocycles. The highest BCUT2D eigenvalue weighted by Gasteiger charge is 2.46. The van der Waals surface area contributed by atoms with Gasteiger partial charge in [-0.1, -0.05) is 12.1 Å². The number of methoxy groups -OCH3 is 1. The molecule has 4 rings (SSSR count). The molecule has 0 aliphatic carbocycles. The average molecular weight is 502 g/mol. The van der Waals surface area contributed by atoms with E-state index in [-0.39, 0.29) is 23.5 Å². The smallest absolute Gasteiger partial charge is 0.507 e. The van der Waals surface area contributed by atoms with Crippen LogP contribution in [0.15, 0.2) is 53.1 Å². The highest BCUT2D eigenvalue weighted by atomic mass is 16.7. The maximum absolute atomic E-state index is 13.1. The summed E-state index contributed by atoms with van der Waals surface area (Å²) in [6.45, 7) is -0.496. The fraction of sp³-hybridized carbons (Fsp3) is 0.360. The van der Waals surface area contributed by atoms with E-state index in [9.17, 15) is 30.0 Å². The summed E-state index contributed by atoms with van der Waals surface area (Å²) in [6, 6.07) is 11.5. The van der Waals surface area contributed by atoms with Gasteiger partial charge in [-0.15, -0.1) is 0 Å². The topological polar surface area (TPSA) is 165 Å². The molecule has 1 fully saturated rings. The number of aromatic hydroxyl groups is 1. The van der Waals surface area contributed by atoms with Crippen LogP contribution < -0.4 is 4.74 Å². The van der Waals surface area contributed by atoms with Crippen LogP contribution >= 0.6 is 0 Å². The molecular weight excluding hydrogens is 476 g/mol. The SMILES string of the molecule is COC(=O)OC[C@H]1O[C@@H](Oc2cccc(O)c2C(=O)CCc2ccc3occc3c2)[C@H](O)[C@@H](O)[C@@H]1O. The van der Waals surface area contributed by atoms with Crippen molar-refractivity contribution in [2.24, 2.45) is 0 Å². The van der Waals surface area contributed by atoms with Crippen LogP contribution in [0.1, 0.15) is 22.3 Å². The van der Waals surface area contributed by atoms with E-state index >= 15 is 0 Å². The van der Waals surface area contributed by atoms with Crippen LogP contribution in [0, 0.1) is 0 Å². The van der Waals surface area contributed by atoms with Crippen LogP contribution in [0.25, 0.3) is 11.0 Å². The van der Waals surface area contributed by atoms with Gasteiger partial charge in [0.1, 0.15) is 53.7 Å². The normalized spacial score (nSPS) is 23.8. The van der Waals surface area contributed by atoms with Gasteiger partial charge in [-0.3, -0.25) is 4.79 Å². The molecule has 0 radical (unpaired) electrons. The lowest BCUT2D eigenvalue weighted by molar-refractivity contribution is -0.277. The molecule has 36 heavy (non-hydrogen) atoms. The van der Waals surface area contributed by atoms with Gasteiger partial charge < -0.3 is 43.8 Å². The Morgan fingerprint density at radius 3 is 2.61 bits per heavy atom. The van der Waals surface area contributed by atoms with Gasteiger partial charge in [0, 0.05) is 11.8 Å². The quantitative estimate of drug-likeness (QED) is 0.263. The third-order valence-corrected chi connectivity index (χ3v) is 5.88. The second kappa shape index (κ2) is 11.0. The van der Waals surface area contributed by atoms with Gasteiger partial charge in [0.25, 0.3) is 0 Å². The first-order valence-electron chi connectivity index (χ1n) is 11.2. The summed E-state index contributed by atoms with van der Waals surface area (Å²) in [6.07, 6.45) is -6.84. The molecule has 11 nitrogen and oxygen atoms in total. The van der Waals surface area contributed by atoms with E-state index in [4.69, 9.17) is 18.6 Å². The van der Waals surface area contributed by atoms with E-state index in [0.717, 1.165) is 23.6 Å². The first-order chi connectivity index (χ1) is 17.3. The van der Waals surface area contributed by atoms with Crippen molar-refractivity contribution in [1.82, 2.24) is 0 Å². The Labute approximate surface area is 205 Å². The standard InChI is InChI=1S/C25H26O11/c1-32-25(31)34-12-19-21(28)22(29)23(30)24(36-19)35-18-4-2-3-15(26)20(18)16(27)7-5-13-6-8-17-14(11-13)9-10-33-17/h2-4,6,8-11,19,21-24,26,28-30H,5,7,12H2,1H3/t19-,21-,22+,23-,24-/m1/s1. The minimum atomic E-state index is -1.71. The number of phenols is 1. The summed E-state index contributed by atoms with van der Waals surface area (Å²) < 4.78 is 25.6. The highest BCUT2D eigenvalue weighted by molar-refractivity contribution is 6.01. The molecule has 0 spiro atoms. The first kappa shape index (κ1) is 25.5. The van der Waals surface area contributed by atoms with Crippen molar-refractivity contribution in [3.05, 3.63) is 59.9 Å². The monoisotopic (exact) mass is 502 g/mol. The number of fused-ring (bicyclic) bond motifs is 1. The Morgan fingerprint density at radius 1 is 1.03 bits per heavy atom. The zero-order chi connectivity index (χ0) is 25.8. The number of Topliss-reactive ketones (excluding diaryl/α,β-unsaturated/α-hetero) is 1. The maximum atomic E-state index is 13.1. The number of aryl methyl sites for hydroxylation is 1.